The topological polar surface area (TPSA) is 69.6 Å². The SMILES string of the molecule is CC/C=C\C/C=C\C/C=C\C/C=C\C/C=C\C/C=C\C/C=C\C/C=C\CCCCCCC(=O)NC(CO)C(O)/C=C/CC/C=C/CCCCCCCCCCCCCCCCCCCCCCCC. The van der Waals surface area contributed by atoms with E-state index in [-0.39, 0.29) is 12.5 Å². The fraction of sp³-hybridized carbons (Fsp3) is 0.677. The number of hydrogen-bond acceptors (Lipinski definition) is 3. The van der Waals surface area contributed by atoms with Crippen molar-refractivity contribution in [3.05, 3.63) is 122 Å². The lowest BCUT2D eigenvalue weighted by molar-refractivity contribution is -0.123. The first-order valence-electron chi connectivity index (χ1n) is 29.2. The van der Waals surface area contributed by atoms with Crippen LogP contribution in [0.3, 0.4) is 0 Å². The Morgan fingerprint density at radius 2 is 0.652 bits per heavy atom. The zero-order valence-electron chi connectivity index (χ0n) is 45.3. The minimum atomic E-state index is -0.884. The van der Waals surface area contributed by atoms with Crippen molar-refractivity contribution < 1.29 is 15.0 Å². The van der Waals surface area contributed by atoms with Crippen LogP contribution in [0, 0.1) is 0 Å². The Kier molecular flexibility index (Phi) is 56.4. The Morgan fingerprint density at radius 3 is 1.01 bits per heavy atom. The molecule has 0 radical (unpaired) electrons. The van der Waals surface area contributed by atoms with E-state index in [2.05, 4.69) is 129 Å². The molecule has 69 heavy (non-hydrogen) atoms. The monoisotopic (exact) mass is 954 g/mol. The van der Waals surface area contributed by atoms with Gasteiger partial charge in [0.2, 0.25) is 5.91 Å². The van der Waals surface area contributed by atoms with Crippen molar-refractivity contribution in [2.75, 3.05) is 6.61 Å². The Hall–Kier alpha value is -3.21. The van der Waals surface area contributed by atoms with Crippen LogP contribution >= 0.6 is 0 Å². The summed E-state index contributed by atoms with van der Waals surface area (Å²) in [6.07, 6.45) is 90.8. The van der Waals surface area contributed by atoms with Crippen molar-refractivity contribution in [2.45, 2.75) is 276 Å². The van der Waals surface area contributed by atoms with Gasteiger partial charge in [0.1, 0.15) is 0 Å². The van der Waals surface area contributed by atoms with E-state index in [9.17, 15) is 15.0 Å². The van der Waals surface area contributed by atoms with Crippen LogP contribution in [-0.4, -0.2) is 34.9 Å². The normalized spacial score (nSPS) is 13.7. The number of nitrogens with one attached hydrogen (secondary N) is 1. The predicted octanol–water partition coefficient (Wildman–Crippen LogP) is 19.6. The number of carbonyl (C=O) groups is 1. The van der Waals surface area contributed by atoms with Crippen LogP contribution in [-0.2, 0) is 4.79 Å². The quantitative estimate of drug-likeness (QED) is 0.0420. The molecule has 3 N–H and O–H groups in total. The molecule has 0 spiro atoms. The van der Waals surface area contributed by atoms with E-state index in [0.717, 1.165) is 103 Å². The lowest BCUT2D eigenvalue weighted by Crippen LogP contribution is -2.45. The number of hydrogen-bond donors (Lipinski definition) is 3. The van der Waals surface area contributed by atoms with Crippen LogP contribution in [0.25, 0.3) is 0 Å². The summed E-state index contributed by atoms with van der Waals surface area (Å²) in [6.45, 7) is 4.18. The lowest BCUT2D eigenvalue weighted by Gasteiger charge is -2.19. The minimum absolute atomic E-state index is 0.101. The van der Waals surface area contributed by atoms with Crippen LogP contribution in [0.2, 0.25) is 0 Å². The molecule has 0 aromatic carbocycles. The molecule has 2 unspecified atom stereocenters. The molecule has 0 saturated carbocycles. The summed E-state index contributed by atoms with van der Waals surface area (Å²) in [6, 6.07) is -0.664. The van der Waals surface area contributed by atoms with Gasteiger partial charge in [-0.3, -0.25) is 4.79 Å². The summed E-state index contributed by atoms with van der Waals surface area (Å²) in [5.74, 6) is -0.101. The van der Waals surface area contributed by atoms with Gasteiger partial charge in [-0.2, -0.15) is 0 Å². The highest BCUT2D eigenvalue weighted by molar-refractivity contribution is 5.76. The van der Waals surface area contributed by atoms with E-state index >= 15 is 0 Å². The van der Waals surface area contributed by atoms with Gasteiger partial charge in [0.25, 0.3) is 0 Å². The van der Waals surface area contributed by atoms with Crippen LogP contribution < -0.4 is 5.32 Å². The highest BCUT2D eigenvalue weighted by Gasteiger charge is 2.17. The Balaban J connectivity index is 3.65. The maximum absolute atomic E-state index is 12.5. The van der Waals surface area contributed by atoms with E-state index < -0.39 is 12.1 Å². The van der Waals surface area contributed by atoms with Gasteiger partial charge < -0.3 is 15.5 Å². The molecule has 0 aliphatic rings. The van der Waals surface area contributed by atoms with Crippen LogP contribution in [0.1, 0.15) is 264 Å². The molecule has 0 bridgehead atoms. The molecule has 0 aromatic heterocycles. The molecule has 0 saturated heterocycles. The average Bonchev–Trinajstić information content (AvgIpc) is 3.35. The van der Waals surface area contributed by atoms with Gasteiger partial charge in [0.15, 0.2) is 0 Å². The number of rotatable bonds is 52. The van der Waals surface area contributed by atoms with Crippen molar-refractivity contribution in [1.29, 1.82) is 0 Å². The second-order valence-corrected chi connectivity index (χ2v) is 19.3. The first-order chi connectivity index (χ1) is 34.2. The summed E-state index contributed by atoms with van der Waals surface area (Å²) in [5.41, 5.74) is 0. The maximum atomic E-state index is 12.5. The molecule has 4 nitrogen and oxygen atoms in total. The van der Waals surface area contributed by atoms with Gasteiger partial charge in [-0.15, -0.1) is 0 Å². The van der Waals surface area contributed by atoms with Crippen molar-refractivity contribution in [1.82, 2.24) is 5.32 Å². The minimum Gasteiger partial charge on any atom is -0.394 e. The van der Waals surface area contributed by atoms with Crippen molar-refractivity contribution in [3.8, 4) is 0 Å². The fourth-order valence-electron chi connectivity index (χ4n) is 8.27. The molecule has 4 heteroatoms. The first-order valence-corrected chi connectivity index (χ1v) is 29.2. The number of allylic oxidation sites excluding steroid dienone is 19. The number of carbonyl (C=O) groups excluding carboxylic acids is 1. The van der Waals surface area contributed by atoms with Gasteiger partial charge in [-0.05, 0) is 96.3 Å². The number of aliphatic hydroxyl groups is 2. The molecule has 0 aromatic rings. The Labute approximate surface area is 428 Å². The zero-order chi connectivity index (χ0) is 49.9. The number of unbranched alkanes of at least 4 members (excludes halogenated alkanes) is 27. The Morgan fingerprint density at radius 1 is 0.362 bits per heavy atom. The highest BCUT2D eigenvalue weighted by Crippen LogP contribution is 2.16. The molecule has 0 rings (SSSR count). The smallest absolute Gasteiger partial charge is 0.220 e. The van der Waals surface area contributed by atoms with E-state index in [4.69, 9.17) is 0 Å². The largest absolute Gasteiger partial charge is 0.394 e. The van der Waals surface area contributed by atoms with Gasteiger partial charge in [0.05, 0.1) is 18.8 Å². The van der Waals surface area contributed by atoms with Gasteiger partial charge in [0, 0.05) is 6.42 Å². The fourth-order valence-corrected chi connectivity index (χ4v) is 8.27. The van der Waals surface area contributed by atoms with Gasteiger partial charge in [-0.1, -0.05) is 283 Å². The Bertz CT molecular complexity index is 1360. The van der Waals surface area contributed by atoms with Crippen molar-refractivity contribution in [3.63, 3.8) is 0 Å². The molecule has 2 atom stereocenters. The summed E-state index contributed by atoms with van der Waals surface area (Å²) in [7, 11) is 0. The molecule has 0 fully saturated rings. The van der Waals surface area contributed by atoms with Gasteiger partial charge >= 0.3 is 0 Å². The molecule has 394 valence electrons. The molecule has 0 aliphatic heterocycles. The molecule has 1 amide bonds. The maximum Gasteiger partial charge on any atom is 0.220 e. The van der Waals surface area contributed by atoms with Crippen molar-refractivity contribution >= 4 is 5.91 Å². The molecule has 0 aliphatic carbocycles. The average molecular weight is 955 g/mol. The summed E-state index contributed by atoms with van der Waals surface area (Å²) < 4.78 is 0. The summed E-state index contributed by atoms with van der Waals surface area (Å²) in [4.78, 5) is 12.5. The second kappa shape index (κ2) is 59.1. The molecular formula is C65H111NO3. The van der Waals surface area contributed by atoms with E-state index in [1.54, 1.807) is 6.08 Å². The van der Waals surface area contributed by atoms with Crippen LogP contribution in [0.4, 0.5) is 0 Å². The number of aliphatic hydroxyl groups excluding tert-OH is 2. The molecular weight excluding hydrogens is 843 g/mol. The first kappa shape index (κ1) is 65.8. The standard InChI is InChI=1S/C65H111NO3/c1-3-5-7-9-11-13-15-17-19-21-23-25-27-29-31-33-35-37-39-41-43-45-47-49-51-53-55-57-59-61-65(69)66-63(62-67)64(68)60-58-56-54-52-50-48-46-44-42-40-38-36-34-32-30-28-26-24-22-20-18-16-14-12-10-8-6-4-2/h5,7,11,13,17,19,23,25,29,31,35,37,41,43,47,49-50,52,58,60,63-64,67-68H,3-4,6,8-10,12,14-16,18,20-22,24,26-28,30,32-34,36,38-40,42,44-46,48,51,53-57,59,61-62H2,1-2H3,(H,66,69)/b7-5-,13-11-,19-17-,25-23-,31-29-,37-35-,43-41-,49-47-,52-50+,60-58+. The third kappa shape index (κ3) is 55.6. The highest BCUT2D eigenvalue weighted by atomic mass is 16.3. The number of amides is 1. The summed E-state index contributed by atoms with van der Waals surface area (Å²) >= 11 is 0. The second-order valence-electron chi connectivity index (χ2n) is 19.3. The zero-order valence-corrected chi connectivity index (χ0v) is 45.3. The molecule has 0 heterocycles. The van der Waals surface area contributed by atoms with E-state index in [1.165, 1.54) is 141 Å². The van der Waals surface area contributed by atoms with Crippen molar-refractivity contribution in [2.24, 2.45) is 0 Å². The lowest BCUT2D eigenvalue weighted by atomic mass is 10.0. The third-order valence-corrected chi connectivity index (χ3v) is 12.7. The van der Waals surface area contributed by atoms with E-state index in [1.807, 2.05) is 6.08 Å². The third-order valence-electron chi connectivity index (χ3n) is 12.7. The van der Waals surface area contributed by atoms with Crippen LogP contribution in [0.15, 0.2) is 122 Å². The van der Waals surface area contributed by atoms with Crippen LogP contribution in [0.5, 0.6) is 0 Å². The van der Waals surface area contributed by atoms with E-state index in [0.29, 0.717) is 6.42 Å². The van der Waals surface area contributed by atoms with Gasteiger partial charge in [-0.25, -0.2) is 0 Å². The summed E-state index contributed by atoms with van der Waals surface area (Å²) in [5, 5.41) is 23.2. The predicted molar refractivity (Wildman–Crippen MR) is 308 cm³/mol.